The molecule has 1 aromatic heterocycles. The number of nitrogens with zero attached hydrogens (tertiary/aromatic N) is 3. The first-order valence-corrected chi connectivity index (χ1v) is 14.5. The number of nitrogens with one attached hydrogen (secondary N) is 1. The molecule has 3 aromatic carbocycles. The molecule has 1 aliphatic heterocycles. The maximum Gasteiger partial charge on any atom is 0.335 e. The van der Waals surface area contributed by atoms with E-state index in [4.69, 9.17) is 14.2 Å². The van der Waals surface area contributed by atoms with E-state index in [0.717, 1.165) is 78.9 Å². The molecule has 2 heterocycles. The van der Waals surface area contributed by atoms with Crippen molar-refractivity contribution in [3.63, 3.8) is 0 Å². The third-order valence-corrected chi connectivity index (χ3v) is 7.26. The van der Waals surface area contributed by atoms with Crippen molar-refractivity contribution in [1.82, 2.24) is 14.9 Å². The van der Waals surface area contributed by atoms with E-state index in [1.807, 2.05) is 78.5 Å². The van der Waals surface area contributed by atoms with Crippen LogP contribution in [0.4, 0.5) is 11.5 Å². The Balaban J connectivity index is 1.12. The van der Waals surface area contributed by atoms with E-state index in [-0.39, 0.29) is 0 Å². The van der Waals surface area contributed by atoms with Crippen molar-refractivity contribution < 1.29 is 19.0 Å². The molecule has 1 aliphatic rings. The number of rotatable bonds is 12. The Labute approximate surface area is 238 Å². The molecule has 206 valence electrons. The quantitative estimate of drug-likeness (QED) is 0.0965. The number of aromatic nitrogens is 2. The Kier molecular flexibility index (Phi) is 9.99. The summed E-state index contributed by atoms with van der Waals surface area (Å²) < 4.78 is 16.8. The molecule has 1 saturated heterocycles. The number of fused-ring (bicyclic) bond motifs is 1. The van der Waals surface area contributed by atoms with Gasteiger partial charge in [0.1, 0.15) is 29.4 Å². The van der Waals surface area contributed by atoms with Gasteiger partial charge in [0.25, 0.3) is 0 Å². The number of ether oxygens (including phenoxy) is 3. The molecule has 5 rings (SSSR count). The van der Waals surface area contributed by atoms with E-state index in [9.17, 15) is 4.79 Å². The number of hydrogen-bond donors (Lipinski definition) is 1. The van der Waals surface area contributed by atoms with Crippen LogP contribution in [0.2, 0.25) is 0 Å². The van der Waals surface area contributed by atoms with E-state index < -0.39 is 5.97 Å². The molecule has 9 heteroatoms. The van der Waals surface area contributed by atoms with Crippen LogP contribution in [0, 0.1) is 0 Å². The fourth-order valence-electron chi connectivity index (χ4n) is 4.23. The molecule has 40 heavy (non-hydrogen) atoms. The van der Waals surface area contributed by atoms with E-state index in [1.54, 1.807) is 12.1 Å². The van der Waals surface area contributed by atoms with Gasteiger partial charge in [0.2, 0.25) is 0 Å². The minimum Gasteiger partial charge on any atom is -0.457 e. The molecule has 0 amide bonds. The summed E-state index contributed by atoms with van der Waals surface area (Å²) in [5, 5.41) is 4.07. The summed E-state index contributed by atoms with van der Waals surface area (Å²) >= 11 is 1.81. The molecule has 1 fully saturated rings. The van der Waals surface area contributed by atoms with E-state index >= 15 is 0 Å². The topological polar surface area (TPSA) is 85.8 Å². The van der Waals surface area contributed by atoms with Crippen molar-refractivity contribution >= 4 is 40.1 Å². The lowest BCUT2D eigenvalue weighted by Crippen LogP contribution is -2.36. The van der Waals surface area contributed by atoms with Crippen LogP contribution >= 0.6 is 11.8 Å². The summed E-state index contributed by atoms with van der Waals surface area (Å²) in [5.41, 5.74) is 1.58. The highest BCUT2D eigenvalue weighted by atomic mass is 32.2. The second-order valence-electron chi connectivity index (χ2n) is 9.17. The molecule has 0 atom stereocenters. The fourth-order valence-corrected chi connectivity index (χ4v) is 4.96. The zero-order chi connectivity index (χ0) is 27.4. The van der Waals surface area contributed by atoms with Crippen molar-refractivity contribution in [1.29, 1.82) is 0 Å². The number of thioether (sulfide) groups is 1. The minimum atomic E-state index is -0.409. The van der Waals surface area contributed by atoms with E-state index in [2.05, 4.69) is 20.2 Å². The molecule has 4 aromatic rings. The van der Waals surface area contributed by atoms with Crippen LogP contribution in [0.25, 0.3) is 10.9 Å². The van der Waals surface area contributed by atoms with Crippen LogP contribution in [0.3, 0.4) is 0 Å². The Hall–Kier alpha value is -3.92. The number of carbonyl (C=O) groups excluding carboxylic acids is 1. The van der Waals surface area contributed by atoms with E-state index in [1.165, 1.54) is 12.4 Å². The summed E-state index contributed by atoms with van der Waals surface area (Å²) in [6.45, 7) is 4.80. The summed E-state index contributed by atoms with van der Waals surface area (Å²) in [7, 11) is 0. The summed E-state index contributed by atoms with van der Waals surface area (Å²) in [6, 6.07) is 22.6. The van der Waals surface area contributed by atoms with Crippen molar-refractivity contribution in [2.45, 2.75) is 6.42 Å². The van der Waals surface area contributed by atoms with Crippen LogP contribution < -0.4 is 14.8 Å². The largest absolute Gasteiger partial charge is 0.457 e. The normalized spacial score (nSPS) is 13.9. The Morgan fingerprint density at radius 3 is 2.58 bits per heavy atom. The van der Waals surface area contributed by atoms with Crippen molar-refractivity contribution in [3.8, 4) is 17.2 Å². The van der Waals surface area contributed by atoms with Gasteiger partial charge in [-0.2, -0.15) is 11.8 Å². The number of esters is 1. The van der Waals surface area contributed by atoms with Gasteiger partial charge in [0, 0.05) is 36.0 Å². The third kappa shape index (κ3) is 8.29. The summed E-state index contributed by atoms with van der Waals surface area (Å²) in [6.07, 6.45) is 5.97. The second kappa shape index (κ2) is 14.5. The maximum absolute atomic E-state index is 12.4. The summed E-state index contributed by atoms with van der Waals surface area (Å²) in [5.74, 6) is 3.98. The molecular formula is C31H32N4O4S. The number of morpholine rings is 1. The Bertz CT molecular complexity index is 1410. The van der Waals surface area contributed by atoms with Crippen LogP contribution in [-0.4, -0.2) is 65.2 Å². The molecule has 8 nitrogen and oxygen atoms in total. The Morgan fingerprint density at radius 2 is 1.75 bits per heavy atom. The molecule has 0 spiro atoms. The van der Waals surface area contributed by atoms with Crippen molar-refractivity contribution in [2.75, 3.05) is 49.7 Å². The van der Waals surface area contributed by atoms with Gasteiger partial charge < -0.3 is 19.5 Å². The standard InChI is InChI=1S/C31H32N4O4S/c36-30(8-4-20-40-21-5-15-35-16-18-37-19-17-35)39-27-13-14-29-28(22-27)31(33-23-32-29)34-24-9-11-26(12-10-24)38-25-6-2-1-3-7-25/h1-4,6-14,22-23H,5,15-21H2,(H,32,33,34). The van der Waals surface area contributed by atoms with Crippen LogP contribution in [0.15, 0.2) is 91.3 Å². The van der Waals surface area contributed by atoms with Crippen LogP contribution in [0.1, 0.15) is 6.42 Å². The van der Waals surface area contributed by atoms with Gasteiger partial charge in [0.15, 0.2) is 0 Å². The molecule has 0 radical (unpaired) electrons. The zero-order valence-corrected chi connectivity index (χ0v) is 23.0. The number of anilines is 2. The first-order chi connectivity index (χ1) is 19.7. The lowest BCUT2D eigenvalue weighted by atomic mass is 10.2. The number of hydrogen-bond acceptors (Lipinski definition) is 9. The smallest absolute Gasteiger partial charge is 0.335 e. The van der Waals surface area contributed by atoms with Crippen LogP contribution in [-0.2, 0) is 9.53 Å². The Morgan fingerprint density at radius 1 is 0.975 bits per heavy atom. The van der Waals surface area contributed by atoms with Crippen molar-refractivity contribution in [2.24, 2.45) is 0 Å². The monoisotopic (exact) mass is 556 g/mol. The predicted octanol–water partition coefficient (Wildman–Crippen LogP) is 6.08. The SMILES string of the molecule is O=C(C=CCSCCCN1CCOCC1)Oc1ccc2ncnc(Nc3ccc(Oc4ccccc4)cc3)c2c1. The van der Waals surface area contributed by atoms with Gasteiger partial charge in [0.05, 0.1) is 18.7 Å². The summed E-state index contributed by atoms with van der Waals surface area (Å²) in [4.78, 5) is 23.6. The molecule has 0 saturated carbocycles. The lowest BCUT2D eigenvalue weighted by Gasteiger charge is -2.26. The van der Waals surface area contributed by atoms with Gasteiger partial charge in [-0.3, -0.25) is 4.90 Å². The molecule has 0 bridgehead atoms. The molecule has 0 unspecified atom stereocenters. The average molecular weight is 557 g/mol. The molecular weight excluding hydrogens is 524 g/mol. The number of carbonyl (C=O) groups is 1. The average Bonchev–Trinajstić information content (AvgIpc) is 2.99. The van der Waals surface area contributed by atoms with E-state index in [0.29, 0.717) is 11.6 Å². The highest BCUT2D eigenvalue weighted by Gasteiger charge is 2.10. The van der Waals surface area contributed by atoms with Gasteiger partial charge in [-0.15, -0.1) is 0 Å². The lowest BCUT2D eigenvalue weighted by molar-refractivity contribution is -0.128. The molecule has 1 N–H and O–H groups in total. The minimum absolute atomic E-state index is 0.409. The van der Waals surface area contributed by atoms with Gasteiger partial charge >= 0.3 is 5.97 Å². The van der Waals surface area contributed by atoms with Crippen LogP contribution in [0.5, 0.6) is 17.2 Å². The van der Waals surface area contributed by atoms with Gasteiger partial charge in [-0.25, -0.2) is 14.8 Å². The number of benzene rings is 3. The maximum atomic E-state index is 12.4. The van der Waals surface area contributed by atoms with Crippen molar-refractivity contribution in [3.05, 3.63) is 91.3 Å². The zero-order valence-electron chi connectivity index (χ0n) is 22.2. The number of para-hydroxylation sites is 1. The van der Waals surface area contributed by atoms with Gasteiger partial charge in [-0.05, 0) is 73.3 Å². The van der Waals surface area contributed by atoms with Gasteiger partial charge in [-0.1, -0.05) is 24.3 Å². The first-order valence-electron chi connectivity index (χ1n) is 13.3. The highest BCUT2D eigenvalue weighted by Crippen LogP contribution is 2.28. The second-order valence-corrected chi connectivity index (χ2v) is 10.3. The first kappa shape index (κ1) is 27.6. The highest BCUT2D eigenvalue weighted by molar-refractivity contribution is 7.99. The predicted molar refractivity (Wildman–Crippen MR) is 160 cm³/mol. The fraction of sp³-hybridized carbons (Fsp3) is 0.258. The molecule has 0 aliphatic carbocycles. The third-order valence-electron chi connectivity index (χ3n) is 6.26.